The number of phenolic OH excluding ortho intramolecular Hbond substituents is 1. The highest BCUT2D eigenvalue weighted by Crippen LogP contribution is 2.14. The number of hydrogen-bond acceptors (Lipinski definition) is 4. The molecule has 116 valence electrons. The molecule has 1 aromatic heterocycles. The Balaban J connectivity index is 1.94. The molecule has 0 unspecified atom stereocenters. The summed E-state index contributed by atoms with van der Waals surface area (Å²) in [4.78, 5) is 23.6. The Bertz CT molecular complexity index is 704. The number of carbonyl (C=O) groups excluding carboxylic acids is 2. The second kappa shape index (κ2) is 6.30. The summed E-state index contributed by atoms with van der Waals surface area (Å²) in [6, 6.07) is 5.87. The highest BCUT2D eigenvalue weighted by molar-refractivity contribution is 6.39. The van der Waals surface area contributed by atoms with Gasteiger partial charge in [0.05, 0.1) is 5.69 Å². The molecule has 7 heteroatoms. The lowest BCUT2D eigenvalue weighted by molar-refractivity contribution is -0.136. The van der Waals surface area contributed by atoms with Gasteiger partial charge in [0, 0.05) is 30.5 Å². The van der Waals surface area contributed by atoms with E-state index in [1.807, 2.05) is 20.9 Å². The van der Waals surface area contributed by atoms with E-state index in [9.17, 15) is 9.59 Å². The molecular weight excluding hydrogens is 284 g/mol. The van der Waals surface area contributed by atoms with E-state index < -0.39 is 11.8 Å². The average Bonchev–Trinajstić information content (AvgIpc) is 2.72. The molecular formula is C15H18N4O3. The first-order valence-corrected chi connectivity index (χ1v) is 6.75. The zero-order valence-electron chi connectivity index (χ0n) is 12.7. The van der Waals surface area contributed by atoms with E-state index in [4.69, 9.17) is 5.11 Å². The molecule has 0 atom stereocenters. The van der Waals surface area contributed by atoms with Crippen LogP contribution in [0.3, 0.4) is 0 Å². The molecule has 7 nitrogen and oxygen atoms in total. The smallest absolute Gasteiger partial charge is 0.313 e. The maximum atomic E-state index is 11.8. The molecule has 0 radical (unpaired) electrons. The van der Waals surface area contributed by atoms with Crippen LogP contribution in [-0.2, 0) is 23.2 Å². The number of aryl methyl sites for hydroxylation is 2. The molecule has 3 N–H and O–H groups in total. The van der Waals surface area contributed by atoms with Crippen molar-refractivity contribution in [1.82, 2.24) is 15.1 Å². The van der Waals surface area contributed by atoms with Crippen molar-refractivity contribution in [2.24, 2.45) is 7.05 Å². The van der Waals surface area contributed by atoms with E-state index in [-0.39, 0.29) is 12.3 Å². The van der Waals surface area contributed by atoms with Crippen LogP contribution >= 0.6 is 0 Å². The number of hydrogen-bond donors (Lipinski definition) is 3. The first-order valence-electron chi connectivity index (χ1n) is 6.75. The summed E-state index contributed by atoms with van der Waals surface area (Å²) in [5.74, 6) is -1.40. The first-order chi connectivity index (χ1) is 10.4. The Morgan fingerprint density at radius 1 is 1.18 bits per heavy atom. The van der Waals surface area contributed by atoms with Gasteiger partial charge in [-0.05, 0) is 38.1 Å². The number of anilines is 1. The van der Waals surface area contributed by atoms with Gasteiger partial charge in [-0.1, -0.05) is 0 Å². The van der Waals surface area contributed by atoms with Crippen LogP contribution in [0.5, 0.6) is 5.75 Å². The molecule has 1 aromatic carbocycles. The summed E-state index contributed by atoms with van der Waals surface area (Å²) < 4.78 is 1.73. The van der Waals surface area contributed by atoms with Crippen molar-refractivity contribution in [3.8, 4) is 5.75 Å². The Morgan fingerprint density at radius 2 is 1.82 bits per heavy atom. The summed E-state index contributed by atoms with van der Waals surface area (Å²) in [5.41, 5.74) is 3.09. The maximum absolute atomic E-state index is 11.8. The van der Waals surface area contributed by atoms with E-state index in [2.05, 4.69) is 15.7 Å². The third kappa shape index (κ3) is 3.43. The lowest BCUT2D eigenvalue weighted by atomic mass is 10.2. The Kier molecular flexibility index (Phi) is 4.45. The summed E-state index contributed by atoms with van der Waals surface area (Å²) in [6.45, 7) is 4.00. The number of carbonyl (C=O) groups is 2. The molecule has 0 saturated carbocycles. The van der Waals surface area contributed by atoms with Gasteiger partial charge < -0.3 is 15.7 Å². The normalized spacial score (nSPS) is 10.3. The lowest BCUT2D eigenvalue weighted by Gasteiger charge is -2.07. The van der Waals surface area contributed by atoms with E-state index in [0.29, 0.717) is 5.69 Å². The Labute approximate surface area is 128 Å². The summed E-state index contributed by atoms with van der Waals surface area (Å²) in [5, 5.41) is 18.4. The predicted octanol–water partition coefficient (Wildman–Crippen LogP) is 0.997. The van der Waals surface area contributed by atoms with Crippen LogP contribution in [0.4, 0.5) is 5.69 Å². The molecule has 2 amide bonds. The molecule has 1 heterocycles. The molecule has 0 aliphatic rings. The van der Waals surface area contributed by atoms with Gasteiger partial charge in [-0.3, -0.25) is 14.3 Å². The van der Waals surface area contributed by atoms with Crippen molar-refractivity contribution in [2.75, 3.05) is 5.32 Å². The molecule has 2 rings (SSSR count). The summed E-state index contributed by atoms with van der Waals surface area (Å²) in [7, 11) is 1.82. The number of aromatic nitrogens is 2. The standard InChI is InChI=1S/C15H18N4O3/c1-9-13(10(2)19(3)18-9)8-16-14(21)15(22)17-11-4-6-12(20)7-5-11/h4-7,20H,8H2,1-3H3,(H,16,21)(H,17,22). The van der Waals surface area contributed by atoms with E-state index in [1.165, 1.54) is 24.3 Å². The number of amides is 2. The topological polar surface area (TPSA) is 96.2 Å². The van der Waals surface area contributed by atoms with Gasteiger partial charge in [-0.2, -0.15) is 5.10 Å². The van der Waals surface area contributed by atoms with Crippen LogP contribution in [0.1, 0.15) is 17.0 Å². The van der Waals surface area contributed by atoms with Crippen molar-refractivity contribution in [2.45, 2.75) is 20.4 Å². The monoisotopic (exact) mass is 302 g/mol. The molecule has 0 aliphatic carbocycles. The van der Waals surface area contributed by atoms with Crippen molar-refractivity contribution in [3.05, 3.63) is 41.2 Å². The molecule has 0 aliphatic heterocycles. The highest BCUT2D eigenvalue weighted by atomic mass is 16.3. The first kappa shape index (κ1) is 15.6. The van der Waals surface area contributed by atoms with Crippen LogP contribution in [0, 0.1) is 13.8 Å². The van der Waals surface area contributed by atoms with Crippen LogP contribution in [-0.4, -0.2) is 26.7 Å². The largest absolute Gasteiger partial charge is 0.508 e. The molecule has 0 bridgehead atoms. The minimum absolute atomic E-state index is 0.0879. The number of phenols is 1. The molecule has 22 heavy (non-hydrogen) atoms. The van der Waals surface area contributed by atoms with Gasteiger partial charge in [0.2, 0.25) is 0 Å². The van der Waals surface area contributed by atoms with Crippen molar-refractivity contribution in [1.29, 1.82) is 0 Å². The van der Waals surface area contributed by atoms with Crippen molar-refractivity contribution in [3.63, 3.8) is 0 Å². The zero-order chi connectivity index (χ0) is 16.3. The van der Waals surface area contributed by atoms with Gasteiger partial charge >= 0.3 is 11.8 Å². The van der Waals surface area contributed by atoms with Crippen molar-refractivity contribution >= 4 is 17.5 Å². The minimum atomic E-state index is -0.759. The van der Waals surface area contributed by atoms with E-state index >= 15 is 0 Å². The number of rotatable bonds is 3. The van der Waals surface area contributed by atoms with Gasteiger partial charge in [-0.25, -0.2) is 0 Å². The maximum Gasteiger partial charge on any atom is 0.313 e. The van der Waals surface area contributed by atoms with E-state index in [0.717, 1.165) is 17.0 Å². The highest BCUT2D eigenvalue weighted by Gasteiger charge is 2.16. The third-order valence-electron chi connectivity index (χ3n) is 3.42. The minimum Gasteiger partial charge on any atom is -0.508 e. The third-order valence-corrected chi connectivity index (χ3v) is 3.42. The van der Waals surface area contributed by atoms with Crippen LogP contribution < -0.4 is 10.6 Å². The van der Waals surface area contributed by atoms with Crippen molar-refractivity contribution < 1.29 is 14.7 Å². The van der Waals surface area contributed by atoms with Gasteiger partial charge in [0.1, 0.15) is 5.75 Å². The number of nitrogens with zero attached hydrogens (tertiary/aromatic N) is 2. The second-order valence-electron chi connectivity index (χ2n) is 4.96. The average molecular weight is 302 g/mol. The number of benzene rings is 1. The summed E-state index contributed by atoms with van der Waals surface area (Å²) in [6.07, 6.45) is 0. The molecule has 0 fully saturated rings. The Hall–Kier alpha value is -2.83. The molecule has 0 saturated heterocycles. The summed E-state index contributed by atoms with van der Waals surface area (Å²) >= 11 is 0. The molecule has 2 aromatic rings. The fraction of sp³-hybridized carbons (Fsp3) is 0.267. The van der Waals surface area contributed by atoms with Crippen LogP contribution in [0.15, 0.2) is 24.3 Å². The fourth-order valence-corrected chi connectivity index (χ4v) is 2.05. The second-order valence-corrected chi connectivity index (χ2v) is 4.96. The SMILES string of the molecule is Cc1nn(C)c(C)c1CNC(=O)C(=O)Nc1ccc(O)cc1. The van der Waals surface area contributed by atoms with Crippen LogP contribution in [0.2, 0.25) is 0 Å². The Morgan fingerprint density at radius 3 is 2.36 bits per heavy atom. The van der Waals surface area contributed by atoms with E-state index in [1.54, 1.807) is 4.68 Å². The number of aromatic hydroxyl groups is 1. The van der Waals surface area contributed by atoms with Gasteiger partial charge in [0.25, 0.3) is 0 Å². The van der Waals surface area contributed by atoms with Gasteiger partial charge in [0.15, 0.2) is 0 Å². The number of nitrogens with one attached hydrogen (secondary N) is 2. The van der Waals surface area contributed by atoms with Gasteiger partial charge in [-0.15, -0.1) is 0 Å². The van der Waals surface area contributed by atoms with Crippen LogP contribution in [0.25, 0.3) is 0 Å². The predicted molar refractivity (Wildman–Crippen MR) is 81.3 cm³/mol. The fourth-order valence-electron chi connectivity index (χ4n) is 2.05. The zero-order valence-corrected chi connectivity index (χ0v) is 12.7. The molecule has 0 spiro atoms. The quantitative estimate of drug-likeness (QED) is 0.582. The lowest BCUT2D eigenvalue weighted by Crippen LogP contribution is -2.35.